The number of rotatable bonds is 5. The molecule has 1 aromatic carbocycles. The van der Waals surface area contributed by atoms with Crippen LogP contribution in [0.1, 0.15) is 43.4 Å². The van der Waals surface area contributed by atoms with Gasteiger partial charge in [-0.3, -0.25) is 0 Å². The average molecular weight is 445 g/mol. The number of urea groups is 1. The summed E-state index contributed by atoms with van der Waals surface area (Å²) in [5.41, 5.74) is -0.342. The first-order chi connectivity index (χ1) is 15.1. The first-order valence-corrected chi connectivity index (χ1v) is 10.4. The number of pyridine rings is 1. The number of hydrogen-bond acceptors (Lipinski definition) is 4. The second-order valence-corrected chi connectivity index (χ2v) is 8.57. The molecule has 0 aliphatic carbocycles. The number of aromatic nitrogens is 1. The van der Waals surface area contributed by atoms with E-state index in [2.05, 4.69) is 20.5 Å². The second kappa shape index (κ2) is 9.47. The van der Waals surface area contributed by atoms with Crippen LogP contribution in [0.15, 0.2) is 42.6 Å². The van der Waals surface area contributed by atoms with Gasteiger partial charge in [-0.25, -0.2) is 9.78 Å². The fraction of sp³-hybridized carbons (Fsp3) is 0.435. The van der Waals surface area contributed by atoms with Crippen molar-refractivity contribution in [3.05, 3.63) is 59.3 Å². The van der Waals surface area contributed by atoms with Crippen molar-refractivity contribution in [3.63, 3.8) is 0 Å². The molecule has 2 N–H and O–H groups in total. The van der Waals surface area contributed by atoms with E-state index in [0.29, 0.717) is 11.1 Å². The molecule has 1 saturated heterocycles. The molecule has 170 valence electrons. The molecule has 1 fully saturated rings. The number of alkyl halides is 3. The summed E-state index contributed by atoms with van der Waals surface area (Å²) < 4.78 is 39.0. The molecule has 0 spiro atoms. The molecule has 0 atom stereocenters. The van der Waals surface area contributed by atoms with Gasteiger partial charge in [0.2, 0.25) is 0 Å². The minimum absolute atomic E-state index is 0.00120. The van der Waals surface area contributed by atoms with Crippen LogP contribution in [0.4, 0.5) is 23.8 Å². The summed E-state index contributed by atoms with van der Waals surface area (Å²) >= 11 is 0. The zero-order chi connectivity index (χ0) is 23.4. The Morgan fingerprint density at radius 1 is 1.19 bits per heavy atom. The molecular formula is C23H26F3N5O. The van der Waals surface area contributed by atoms with E-state index in [1.165, 1.54) is 6.07 Å². The van der Waals surface area contributed by atoms with E-state index < -0.39 is 17.2 Å². The third kappa shape index (κ3) is 5.90. The number of hydrogen-bond donors (Lipinski definition) is 2. The lowest BCUT2D eigenvalue weighted by molar-refractivity contribution is -0.137. The van der Waals surface area contributed by atoms with E-state index in [-0.39, 0.29) is 18.6 Å². The van der Waals surface area contributed by atoms with Crippen molar-refractivity contribution in [2.75, 3.05) is 24.5 Å². The van der Waals surface area contributed by atoms with Crippen molar-refractivity contribution >= 4 is 11.8 Å². The van der Waals surface area contributed by atoms with E-state index in [4.69, 9.17) is 5.26 Å². The maximum Gasteiger partial charge on any atom is 0.416 e. The molecule has 3 rings (SSSR count). The van der Waals surface area contributed by atoms with Gasteiger partial charge < -0.3 is 15.5 Å². The van der Waals surface area contributed by atoms with Gasteiger partial charge in [-0.05, 0) is 36.6 Å². The lowest BCUT2D eigenvalue weighted by atomic mass is 9.84. The van der Waals surface area contributed by atoms with Crippen molar-refractivity contribution in [3.8, 4) is 6.07 Å². The molecule has 6 nitrogen and oxygen atoms in total. The number of benzene rings is 1. The number of carbonyl (C=O) groups excluding carboxylic acids is 1. The maximum absolute atomic E-state index is 13.0. The molecule has 0 saturated carbocycles. The van der Waals surface area contributed by atoms with E-state index in [0.717, 1.165) is 43.9 Å². The van der Waals surface area contributed by atoms with Crippen LogP contribution in [0.2, 0.25) is 0 Å². The molecule has 1 aromatic heterocycles. The Hall–Kier alpha value is -3.28. The molecule has 2 aromatic rings. The highest BCUT2D eigenvalue weighted by Crippen LogP contribution is 2.32. The second-order valence-electron chi connectivity index (χ2n) is 8.57. The summed E-state index contributed by atoms with van der Waals surface area (Å²) in [6.45, 7) is 5.24. The SMILES string of the molecule is CC(C)(CNC(=O)NC1CCN(c2ccc(C#N)cn2)CC1)c1cccc(C(F)(F)F)c1. The van der Waals surface area contributed by atoms with Gasteiger partial charge in [-0.2, -0.15) is 18.4 Å². The fourth-order valence-corrected chi connectivity index (χ4v) is 3.65. The predicted molar refractivity (Wildman–Crippen MR) is 115 cm³/mol. The van der Waals surface area contributed by atoms with Crippen molar-refractivity contribution in [1.82, 2.24) is 15.6 Å². The highest BCUT2D eigenvalue weighted by atomic mass is 19.4. The quantitative estimate of drug-likeness (QED) is 0.722. The van der Waals surface area contributed by atoms with Crippen LogP contribution in [-0.2, 0) is 11.6 Å². The van der Waals surface area contributed by atoms with Crippen molar-refractivity contribution in [1.29, 1.82) is 5.26 Å². The van der Waals surface area contributed by atoms with Gasteiger partial charge in [0.25, 0.3) is 0 Å². The number of carbonyl (C=O) groups is 1. The zero-order valence-electron chi connectivity index (χ0n) is 18.0. The third-order valence-electron chi connectivity index (χ3n) is 5.69. The fourth-order valence-electron chi connectivity index (χ4n) is 3.65. The van der Waals surface area contributed by atoms with Crippen LogP contribution in [-0.4, -0.2) is 36.7 Å². The molecule has 2 heterocycles. The largest absolute Gasteiger partial charge is 0.416 e. The summed E-state index contributed by atoms with van der Waals surface area (Å²) in [5, 5.41) is 14.6. The van der Waals surface area contributed by atoms with E-state index >= 15 is 0 Å². The number of piperidine rings is 1. The van der Waals surface area contributed by atoms with Gasteiger partial charge in [0.15, 0.2) is 0 Å². The first kappa shape index (κ1) is 23.4. The van der Waals surface area contributed by atoms with Crippen molar-refractivity contribution in [2.24, 2.45) is 0 Å². The van der Waals surface area contributed by atoms with Crippen LogP contribution < -0.4 is 15.5 Å². The lowest BCUT2D eigenvalue weighted by Gasteiger charge is -2.33. The summed E-state index contributed by atoms with van der Waals surface area (Å²) in [5.74, 6) is 0.801. The van der Waals surface area contributed by atoms with Crippen LogP contribution in [0.5, 0.6) is 0 Å². The number of nitrogens with zero attached hydrogens (tertiary/aromatic N) is 3. The Morgan fingerprint density at radius 2 is 1.88 bits per heavy atom. The number of halogens is 3. The lowest BCUT2D eigenvalue weighted by Crippen LogP contribution is -2.50. The van der Waals surface area contributed by atoms with E-state index in [1.54, 1.807) is 32.2 Å². The number of anilines is 1. The smallest absolute Gasteiger partial charge is 0.356 e. The summed E-state index contributed by atoms with van der Waals surface area (Å²) in [7, 11) is 0. The number of amides is 2. The molecule has 32 heavy (non-hydrogen) atoms. The topological polar surface area (TPSA) is 81.0 Å². The maximum atomic E-state index is 13.0. The van der Waals surface area contributed by atoms with Crippen LogP contribution in [0.3, 0.4) is 0 Å². The number of nitrogens with one attached hydrogen (secondary N) is 2. The van der Waals surface area contributed by atoms with Gasteiger partial charge >= 0.3 is 12.2 Å². The Kier molecular flexibility index (Phi) is 6.92. The minimum atomic E-state index is -4.40. The molecular weight excluding hydrogens is 419 g/mol. The Labute approximate surface area is 185 Å². The standard InChI is InChI=1S/C23H26F3N5O/c1-22(2,17-4-3-5-18(12-17)23(24,25)26)15-29-21(32)30-19-8-10-31(11-9-19)20-7-6-16(13-27)14-28-20/h3-7,12,14,19H,8-11,15H2,1-2H3,(H2,29,30,32). The minimum Gasteiger partial charge on any atom is -0.356 e. The van der Waals surface area contributed by atoms with Crippen LogP contribution >= 0.6 is 0 Å². The van der Waals surface area contributed by atoms with E-state index in [9.17, 15) is 18.0 Å². The van der Waals surface area contributed by atoms with Gasteiger partial charge in [0, 0.05) is 37.3 Å². The Balaban J connectivity index is 1.48. The zero-order valence-corrected chi connectivity index (χ0v) is 18.0. The van der Waals surface area contributed by atoms with Gasteiger partial charge in [0.05, 0.1) is 11.1 Å². The Bertz CT molecular complexity index is 974. The molecule has 0 bridgehead atoms. The molecule has 9 heteroatoms. The molecule has 0 unspecified atom stereocenters. The molecule has 0 radical (unpaired) electrons. The highest BCUT2D eigenvalue weighted by molar-refractivity contribution is 5.74. The average Bonchev–Trinajstić information content (AvgIpc) is 2.78. The molecule has 1 aliphatic rings. The first-order valence-electron chi connectivity index (χ1n) is 10.4. The normalized spacial score (nSPS) is 15.2. The number of nitriles is 1. The van der Waals surface area contributed by atoms with Crippen molar-refractivity contribution < 1.29 is 18.0 Å². The van der Waals surface area contributed by atoms with Crippen molar-refractivity contribution in [2.45, 2.75) is 44.3 Å². The Morgan fingerprint density at radius 3 is 2.47 bits per heavy atom. The van der Waals surface area contributed by atoms with Gasteiger partial charge in [-0.15, -0.1) is 0 Å². The monoisotopic (exact) mass is 445 g/mol. The summed E-state index contributed by atoms with van der Waals surface area (Å²) in [6, 6.07) is 10.5. The van der Waals surface area contributed by atoms with Gasteiger partial charge in [-0.1, -0.05) is 32.0 Å². The van der Waals surface area contributed by atoms with E-state index in [1.807, 2.05) is 12.1 Å². The molecule has 2 amide bonds. The summed E-state index contributed by atoms with van der Waals surface area (Å²) in [4.78, 5) is 18.8. The highest BCUT2D eigenvalue weighted by Gasteiger charge is 2.32. The summed E-state index contributed by atoms with van der Waals surface area (Å²) in [6.07, 6.45) is -1.38. The van der Waals surface area contributed by atoms with Crippen LogP contribution in [0, 0.1) is 11.3 Å². The predicted octanol–water partition coefficient (Wildman–Crippen LogP) is 4.22. The van der Waals surface area contributed by atoms with Crippen LogP contribution in [0.25, 0.3) is 0 Å². The third-order valence-corrected chi connectivity index (χ3v) is 5.69. The van der Waals surface area contributed by atoms with Gasteiger partial charge in [0.1, 0.15) is 11.9 Å². The molecule has 1 aliphatic heterocycles.